The molecule has 1 aliphatic carbocycles. The van der Waals surface area contributed by atoms with Crippen molar-refractivity contribution in [2.45, 2.75) is 32.3 Å². The summed E-state index contributed by atoms with van der Waals surface area (Å²) in [6.45, 7) is 4.16. The van der Waals surface area contributed by atoms with Crippen LogP contribution in [0.2, 0.25) is 0 Å². The number of nitrogens with zero attached hydrogens (tertiary/aromatic N) is 1. The molecule has 0 aliphatic heterocycles. The van der Waals surface area contributed by atoms with Gasteiger partial charge in [-0.1, -0.05) is 0 Å². The number of nitriles is 1. The Labute approximate surface area is 84.7 Å². The molecule has 0 aromatic heterocycles. The van der Waals surface area contributed by atoms with Crippen molar-refractivity contribution in [2.75, 3.05) is 13.2 Å². The molecule has 1 unspecified atom stereocenters. The summed E-state index contributed by atoms with van der Waals surface area (Å²) in [6.07, 6.45) is 1.92. The first-order valence-electron chi connectivity index (χ1n) is 4.96. The standard InChI is InChI=1S/C9H16NO3P/c1-3-12-14(11,13-4-2)9(7-10)8-5-6-8/h8-9H,3-6H2,1-2H3. The zero-order valence-electron chi connectivity index (χ0n) is 8.60. The van der Waals surface area contributed by atoms with Gasteiger partial charge in [0.15, 0.2) is 5.66 Å². The van der Waals surface area contributed by atoms with Crippen LogP contribution in [0.4, 0.5) is 0 Å². The van der Waals surface area contributed by atoms with Gasteiger partial charge in [0.1, 0.15) is 0 Å². The van der Waals surface area contributed by atoms with E-state index in [2.05, 4.69) is 6.07 Å². The minimum atomic E-state index is -3.18. The maximum Gasteiger partial charge on any atom is 0.347 e. The van der Waals surface area contributed by atoms with E-state index in [-0.39, 0.29) is 5.92 Å². The highest BCUT2D eigenvalue weighted by molar-refractivity contribution is 7.55. The average molecular weight is 217 g/mol. The van der Waals surface area contributed by atoms with E-state index in [4.69, 9.17) is 14.3 Å². The number of hydrogen-bond donors (Lipinski definition) is 0. The normalized spacial score (nSPS) is 18.9. The summed E-state index contributed by atoms with van der Waals surface area (Å²) in [5.74, 6) is 0.212. The molecule has 5 heteroatoms. The van der Waals surface area contributed by atoms with Crippen LogP contribution in [-0.4, -0.2) is 18.9 Å². The van der Waals surface area contributed by atoms with Crippen LogP contribution >= 0.6 is 7.60 Å². The summed E-state index contributed by atoms with van der Waals surface area (Å²) in [4.78, 5) is 0. The molecule has 0 amide bonds. The molecule has 0 aromatic rings. The van der Waals surface area contributed by atoms with Gasteiger partial charge in [0, 0.05) is 0 Å². The minimum absolute atomic E-state index is 0.212. The second kappa shape index (κ2) is 4.93. The maximum absolute atomic E-state index is 12.2. The lowest BCUT2D eigenvalue weighted by Crippen LogP contribution is -2.13. The topological polar surface area (TPSA) is 59.3 Å². The van der Waals surface area contributed by atoms with Crippen LogP contribution in [-0.2, 0) is 13.6 Å². The molecule has 0 saturated heterocycles. The molecule has 0 heterocycles. The van der Waals surface area contributed by atoms with E-state index in [0.717, 1.165) is 12.8 Å². The van der Waals surface area contributed by atoms with Crippen molar-refractivity contribution in [3.05, 3.63) is 0 Å². The molecule has 1 aliphatic rings. The summed E-state index contributed by atoms with van der Waals surface area (Å²) in [7, 11) is -3.18. The van der Waals surface area contributed by atoms with Crippen molar-refractivity contribution in [3.63, 3.8) is 0 Å². The van der Waals surface area contributed by atoms with Crippen LogP contribution in [0.3, 0.4) is 0 Å². The fourth-order valence-corrected chi connectivity index (χ4v) is 3.48. The Balaban J connectivity index is 2.73. The van der Waals surface area contributed by atoms with Gasteiger partial charge in [-0.15, -0.1) is 0 Å². The Morgan fingerprint density at radius 3 is 2.21 bits per heavy atom. The van der Waals surface area contributed by atoms with Gasteiger partial charge in [-0.3, -0.25) is 4.57 Å². The number of rotatable bonds is 6. The minimum Gasteiger partial charge on any atom is -0.308 e. The lowest BCUT2D eigenvalue weighted by Gasteiger charge is -2.20. The third-order valence-corrected chi connectivity index (χ3v) is 4.61. The third-order valence-electron chi connectivity index (χ3n) is 2.16. The summed E-state index contributed by atoms with van der Waals surface area (Å²) in [5, 5.41) is 8.94. The predicted octanol–water partition coefficient (Wildman–Crippen LogP) is 2.55. The Morgan fingerprint density at radius 1 is 1.43 bits per heavy atom. The van der Waals surface area contributed by atoms with E-state index in [9.17, 15) is 4.57 Å². The summed E-state index contributed by atoms with van der Waals surface area (Å²) >= 11 is 0. The van der Waals surface area contributed by atoms with E-state index >= 15 is 0 Å². The van der Waals surface area contributed by atoms with Gasteiger partial charge < -0.3 is 9.05 Å². The van der Waals surface area contributed by atoms with Crippen LogP contribution < -0.4 is 0 Å². The molecular formula is C9H16NO3P. The quantitative estimate of drug-likeness (QED) is 0.641. The second-order valence-electron chi connectivity index (χ2n) is 3.29. The van der Waals surface area contributed by atoms with Crippen molar-refractivity contribution < 1.29 is 13.6 Å². The lowest BCUT2D eigenvalue weighted by atomic mass is 10.3. The first kappa shape index (κ1) is 11.7. The molecule has 4 nitrogen and oxygen atoms in total. The SMILES string of the molecule is CCOP(=O)(OCC)C(C#N)C1CC1. The Hall–Kier alpha value is -0.360. The van der Waals surface area contributed by atoms with Crippen molar-refractivity contribution in [2.24, 2.45) is 5.92 Å². The molecule has 0 N–H and O–H groups in total. The molecule has 1 fully saturated rings. The van der Waals surface area contributed by atoms with Gasteiger partial charge in [0.25, 0.3) is 0 Å². The fraction of sp³-hybridized carbons (Fsp3) is 0.889. The molecule has 0 spiro atoms. The Morgan fingerprint density at radius 2 is 1.93 bits per heavy atom. The first-order chi connectivity index (χ1) is 6.68. The molecule has 1 saturated carbocycles. The lowest BCUT2D eigenvalue weighted by molar-refractivity contribution is 0.214. The highest BCUT2D eigenvalue weighted by Gasteiger charge is 2.46. The van der Waals surface area contributed by atoms with E-state index < -0.39 is 13.3 Å². The van der Waals surface area contributed by atoms with E-state index in [1.807, 2.05) is 0 Å². The zero-order valence-corrected chi connectivity index (χ0v) is 9.50. The van der Waals surface area contributed by atoms with Crippen LogP contribution in [0.15, 0.2) is 0 Å². The Bertz CT molecular complexity index is 260. The average Bonchev–Trinajstić information content (AvgIpc) is 2.90. The van der Waals surface area contributed by atoms with Crippen LogP contribution in [0, 0.1) is 17.2 Å². The second-order valence-corrected chi connectivity index (χ2v) is 5.44. The van der Waals surface area contributed by atoms with Gasteiger partial charge in [-0.2, -0.15) is 5.26 Å². The molecule has 0 bridgehead atoms. The van der Waals surface area contributed by atoms with Crippen molar-refractivity contribution >= 4 is 7.60 Å². The maximum atomic E-state index is 12.2. The predicted molar refractivity (Wildman–Crippen MR) is 53.0 cm³/mol. The smallest absolute Gasteiger partial charge is 0.308 e. The van der Waals surface area contributed by atoms with Crippen LogP contribution in [0.1, 0.15) is 26.7 Å². The van der Waals surface area contributed by atoms with Crippen LogP contribution in [0.25, 0.3) is 0 Å². The van der Waals surface area contributed by atoms with Gasteiger partial charge in [0.05, 0.1) is 19.3 Å². The molecule has 1 rings (SSSR count). The van der Waals surface area contributed by atoms with Gasteiger partial charge in [-0.25, -0.2) is 0 Å². The van der Waals surface area contributed by atoms with Crippen molar-refractivity contribution in [1.82, 2.24) is 0 Å². The summed E-state index contributed by atoms with van der Waals surface area (Å²) in [6, 6.07) is 2.06. The van der Waals surface area contributed by atoms with Gasteiger partial charge in [0.2, 0.25) is 0 Å². The zero-order chi connectivity index (χ0) is 10.6. The van der Waals surface area contributed by atoms with Crippen LogP contribution in [0.5, 0.6) is 0 Å². The van der Waals surface area contributed by atoms with E-state index in [0.29, 0.717) is 13.2 Å². The molecule has 14 heavy (non-hydrogen) atoms. The monoisotopic (exact) mass is 217 g/mol. The number of hydrogen-bond acceptors (Lipinski definition) is 4. The van der Waals surface area contributed by atoms with Gasteiger partial charge >= 0.3 is 7.60 Å². The van der Waals surface area contributed by atoms with Crippen molar-refractivity contribution in [3.8, 4) is 6.07 Å². The summed E-state index contributed by atoms with van der Waals surface area (Å²) in [5.41, 5.74) is -0.567. The summed E-state index contributed by atoms with van der Waals surface area (Å²) < 4.78 is 22.4. The molecule has 0 aromatic carbocycles. The highest BCUT2D eigenvalue weighted by Crippen LogP contribution is 2.59. The first-order valence-corrected chi connectivity index (χ1v) is 6.57. The fourth-order valence-electron chi connectivity index (χ4n) is 1.40. The van der Waals surface area contributed by atoms with Gasteiger partial charge in [-0.05, 0) is 32.6 Å². The van der Waals surface area contributed by atoms with E-state index in [1.165, 1.54) is 0 Å². The molecule has 80 valence electrons. The largest absolute Gasteiger partial charge is 0.347 e. The third kappa shape index (κ3) is 2.57. The van der Waals surface area contributed by atoms with Crippen molar-refractivity contribution in [1.29, 1.82) is 5.26 Å². The highest BCUT2D eigenvalue weighted by atomic mass is 31.2. The van der Waals surface area contributed by atoms with E-state index in [1.54, 1.807) is 13.8 Å². The molecular weight excluding hydrogens is 201 g/mol. The Kier molecular flexibility index (Phi) is 4.12. The molecule has 0 radical (unpaired) electrons. The molecule has 1 atom stereocenters.